The second-order valence-corrected chi connectivity index (χ2v) is 3.92. The fourth-order valence-electron chi connectivity index (χ4n) is 1.47. The lowest BCUT2D eigenvalue weighted by Gasteiger charge is -1.96. The molecule has 0 saturated heterocycles. The first-order chi connectivity index (χ1) is 7.20. The summed E-state index contributed by atoms with van der Waals surface area (Å²) in [5.41, 5.74) is 4.31. The van der Waals surface area contributed by atoms with E-state index in [1.165, 1.54) is 5.56 Å². The third-order valence-electron chi connectivity index (χ3n) is 2.44. The average molecular weight is 257 g/mol. The van der Waals surface area contributed by atoms with Crippen LogP contribution in [0.5, 0.6) is 0 Å². The van der Waals surface area contributed by atoms with Gasteiger partial charge in [0, 0.05) is 11.3 Å². The number of aromatic nitrogens is 2. The van der Waals surface area contributed by atoms with Crippen LogP contribution in [-0.4, -0.2) is 9.97 Å². The van der Waals surface area contributed by atoms with Gasteiger partial charge in [0.2, 0.25) is 0 Å². The van der Waals surface area contributed by atoms with Crippen LogP contribution in [0.3, 0.4) is 0 Å². The lowest BCUT2D eigenvalue weighted by Crippen LogP contribution is -1.81. The second kappa shape index (κ2) is 5.37. The monoisotopic (exact) mass is 256 g/mol. The molecular weight excluding hydrogens is 243 g/mol. The molecule has 0 spiro atoms. The Kier molecular flexibility index (Phi) is 4.39. The molecule has 1 N–H and O–H groups in total. The number of rotatable bonds is 2. The number of imidazole rings is 1. The van der Waals surface area contributed by atoms with Crippen molar-refractivity contribution in [1.82, 2.24) is 9.97 Å². The first-order valence-corrected chi connectivity index (χ1v) is 5.42. The fourth-order valence-corrected chi connectivity index (χ4v) is 1.73. The average Bonchev–Trinajstić information content (AvgIpc) is 2.61. The molecule has 16 heavy (non-hydrogen) atoms. The minimum Gasteiger partial charge on any atom is -0.342 e. The van der Waals surface area contributed by atoms with Crippen molar-refractivity contribution in [2.75, 3.05) is 0 Å². The Morgan fingerprint density at radius 1 is 1.19 bits per heavy atom. The number of nitrogens with zero attached hydrogens (tertiary/aromatic N) is 1. The number of alkyl halides is 1. The molecule has 0 bridgehead atoms. The van der Waals surface area contributed by atoms with E-state index >= 15 is 0 Å². The van der Waals surface area contributed by atoms with Crippen LogP contribution in [0.2, 0.25) is 0 Å². The molecule has 0 radical (unpaired) electrons. The normalized spacial score (nSPS) is 9.94. The van der Waals surface area contributed by atoms with Crippen molar-refractivity contribution in [2.45, 2.75) is 19.7 Å². The van der Waals surface area contributed by atoms with E-state index in [1.54, 1.807) is 0 Å². The molecule has 0 aliphatic heterocycles. The Balaban J connectivity index is 0.00000128. The molecule has 0 unspecified atom stereocenters. The molecule has 2 nitrogen and oxygen atoms in total. The Labute approximate surface area is 106 Å². The number of H-pyrrole nitrogens is 1. The van der Waals surface area contributed by atoms with Gasteiger partial charge in [0.15, 0.2) is 0 Å². The summed E-state index contributed by atoms with van der Waals surface area (Å²) in [5, 5.41) is 0. The molecule has 1 heterocycles. The van der Waals surface area contributed by atoms with Gasteiger partial charge in [-0.25, -0.2) is 4.98 Å². The third kappa shape index (κ3) is 2.57. The van der Waals surface area contributed by atoms with Crippen molar-refractivity contribution in [2.24, 2.45) is 0 Å². The molecule has 0 saturated carbocycles. The maximum atomic E-state index is 5.78. The molecule has 1 aromatic heterocycles. The van der Waals surface area contributed by atoms with Crippen LogP contribution in [0.1, 0.15) is 17.0 Å². The Bertz CT molecular complexity index is 460. The van der Waals surface area contributed by atoms with Gasteiger partial charge in [-0.15, -0.1) is 24.0 Å². The number of halogens is 2. The van der Waals surface area contributed by atoms with Crippen molar-refractivity contribution in [1.29, 1.82) is 0 Å². The number of hydrogen-bond donors (Lipinski definition) is 1. The summed E-state index contributed by atoms with van der Waals surface area (Å²) >= 11 is 5.78. The summed E-state index contributed by atoms with van der Waals surface area (Å²) in [6, 6.07) is 8.28. The summed E-state index contributed by atoms with van der Waals surface area (Å²) in [5.74, 6) is 1.34. The summed E-state index contributed by atoms with van der Waals surface area (Å²) in [6.45, 7) is 4.06. The van der Waals surface area contributed by atoms with E-state index in [-0.39, 0.29) is 12.4 Å². The highest BCUT2D eigenvalue weighted by Crippen LogP contribution is 2.19. The standard InChI is InChI=1S/C12H13ClN2.ClH/c1-8-3-5-10(6-4-8)12-14-9(2)11(7-13)15-12;/h3-6H,7H2,1-2H3,(H,14,15);1H. The maximum absolute atomic E-state index is 5.78. The predicted molar refractivity (Wildman–Crippen MR) is 70.3 cm³/mol. The predicted octanol–water partition coefficient (Wildman–Crippen LogP) is 3.85. The summed E-state index contributed by atoms with van der Waals surface area (Å²) < 4.78 is 0. The van der Waals surface area contributed by atoms with Gasteiger partial charge in [0.1, 0.15) is 5.82 Å². The zero-order chi connectivity index (χ0) is 10.8. The van der Waals surface area contributed by atoms with E-state index in [0.717, 1.165) is 22.8 Å². The van der Waals surface area contributed by atoms with E-state index in [2.05, 4.69) is 41.2 Å². The van der Waals surface area contributed by atoms with Gasteiger partial charge in [0.05, 0.1) is 11.6 Å². The van der Waals surface area contributed by atoms with Crippen LogP contribution in [0.25, 0.3) is 11.4 Å². The maximum Gasteiger partial charge on any atom is 0.137 e. The van der Waals surface area contributed by atoms with Crippen LogP contribution in [0, 0.1) is 13.8 Å². The van der Waals surface area contributed by atoms with Crippen molar-refractivity contribution >= 4 is 24.0 Å². The fraction of sp³-hybridized carbons (Fsp3) is 0.250. The molecule has 1 aromatic carbocycles. The molecule has 86 valence electrons. The van der Waals surface area contributed by atoms with Gasteiger partial charge in [-0.3, -0.25) is 0 Å². The van der Waals surface area contributed by atoms with Gasteiger partial charge < -0.3 is 4.98 Å². The van der Waals surface area contributed by atoms with Gasteiger partial charge in [-0.05, 0) is 13.8 Å². The second-order valence-electron chi connectivity index (χ2n) is 3.66. The first kappa shape index (κ1) is 13.1. The largest absolute Gasteiger partial charge is 0.342 e. The van der Waals surface area contributed by atoms with E-state index in [4.69, 9.17) is 11.6 Å². The molecule has 0 amide bonds. The van der Waals surface area contributed by atoms with Crippen LogP contribution < -0.4 is 0 Å². The van der Waals surface area contributed by atoms with E-state index < -0.39 is 0 Å². The Hall–Kier alpha value is -0.990. The van der Waals surface area contributed by atoms with Gasteiger partial charge >= 0.3 is 0 Å². The Morgan fingerprint density at radius 2 is 1.81 bits per heavy atom. The number of benzene rings is 1. The molecular formula is C12H14Cl2N2. The van der Waals surface area contributed by atoms with Crippen LogP contribution in [0.4, 0.5) is 0 Å². The molecule has 2 rings (SSSR count). The lowest BCUT2D eigenvalue weighted by molar-refractivity contribution is 1.18. The topological polar surface area (TPSA) is 28.7 Å². The zero-order valence-corrected chi connectivity index (χ0v) is 10.8. The third-order valence-corrected chi connectivity index (χ3v) is 2.69. The number of nitrogens with one attached hydrogen (secondary N) is 1. The Morgan fingerprint density at radius 3 is 2.31 bits per heavy atom. The summed E-state index contributed by atoms with van der Waals surface area (Å²) in [4.78, 5) is 7.68. The molecule has 2 aromatic rings. The van der Waals surface area contributed by atoms with Crippen molar-refractivity contribution in [3.05, 3.63) is 41.2 Å². The van der Waals surface area contributed by atoms with Crippen molar-refractivity contribution in [3.8, 4) is 11.4 Å². The van der Waals surface area contributed by atoms with Crippen LogP contribution >= 0.6 is 24.0 Å². The smallest absolute Gasteiger partial charge is 0.137 e. The highest BCUT2D eigenvalue weighted by Gasteiger charge is 2.06. The highest BCUT2D eigenvalue weighted by atomic mass is 35.5. The summed E-state index contributed by atoms with van der Waals surface area (Å²) in [6.07, 6.45) is 0. The molecule has 0 atom stereocenters. The summed E-state index contributed by atoms with van der Waals surface area (Å²) in [7, 11) is 0. The van der Waals surface area contributed by atoms with Gasteiger partial charge in [-0.1, -0.05) is 29.8 Å². The van der Waals surface area contributed by atoms with Crippen molar-refractivity contribution in [3.63, 3.8) is 0 Å². The highest BCUT2D eigenvalue weighted by molar-refractivity contribution is 6.17. The van der Waals surface area contributed by atoms with Gasteiger partial charge in [-0.2, -0.15) is 0 Å². The SMILES string of the molecule is Cc1ccc(-c2nc(CCl)c(C)[nH]2)cc1.Cl. The molecule has 0 aliphatic rings. The lowest BCUT2D eigenvalue weighted by atomic mass is 10.1. The quantitative estimate of drug-likeness (QED) is 0.813. The van der Waals surface area contributed by atoms with Gasteiger partial charge in [0.25, 0.3) is 0 Å². The van der Waals surface area contributed by atoms with E-state index in [9.17, 15) is 0 Å². The minimum atomic E-state index is 0. The number of aromatic amines is 1. The zero-order valence-electron chi connectivity index (χ0n) is 9.25. The van der Waals surface area contributed by atoms with Crippen LogP contribution in [-0.2, 0) is 5.88 Å². The van der Waals surface area contributed by atoms with E-state index in [1.807, 2.05) is 6.92 Å². The molecule has 0 fully saturated rings. The number of aryl methyl sites for hydroxylation is 2. The van der Waals surface area contributed by atoms with E-state index in [0.29, 0.717) is 5.88 Å². The minimum absolute atomic E-state index is 0. The van der Waals surface area contributed by atoms with Crippen LogP contribution in [0.15, 0.2) is 24.3 Å². The molecule has 4 heteroatoms. The molecule has 0 aliphatic carbocycles. The number of hydrogen-bond acceptors (Lipinski definition) is 1. The first-order valence-electron chi connectivity index (χ1n) is 4.89. The van der Waals surface area contributed by atoms with Crippen molar-refractivity contribution < 1.29 is 0 Å².